The van der Waals surface area contributed by atoms with E-state index >= 15 is 0 Å². The molecule has 0 aromatic rings. The number of hydrogen-bond acceptors (Lipinski definition) is 4. The van der Waals surface area contributed by atoms with Gasteiger partial charge in [-0.2, -0.15) is 0 Å². The van der Waals surface area contributed by atoms with Gasteiger partial charge in [0.25, 0.3) is 0 Å². The average molecular weight is 286 g/mol. The minimum atomic E-state index is -0.179. The number of hydrogen-bond donors (Lipinski definition) is 0. The second kappa shape index (κ2) is 9.78. The Kier molecular flexibility index (Phi) is 9.26. The fourth-order valence-corrected chi connectivity index (χ4v) is 1.92. The lowest BCUT2D eigenvalue weighted by atomic mass is 9.88. The van der Waals surface area contributed by atoms with Crippen molar-refractivity contribution < 1.29 is 19.1 Å². The molecule has 118 valence electrons. The summed E-state index contributed by atoms with van der Waals surface area (Å²) in [6.45, 7) is 10.5. The molecule has 0 aliphatic heterocycles. The smallest absolute Gasteiger partial charge is 0.306 e. The SMILES string of the molecule is CCCC(=O)OCCC(CC(C)(C)C)OC(=O)CCC. The summed E-state index contributed by atoms with van der Waals surface area (Å²) in [6.07, 6.45) is 3.62. The third-order valence-corrected chi connectivity index (χ3v) is 2.75. The first kappa shape index (κ1) is 18.9. The van der Waals surface area contributed by atoms with E-state index in [1.165, 1.54) is 0 Å². The predicted molar refractivity (Wildman–Crippen MR) is 79.3 cm³/mol. The molecule has 0 aromatic heterocycles. The van der Waals surface area contributed by atoms with Gasteiger partial charge in [0, 0.05) is 19.3 Å². The second-order valence-electron chi connectivity index (χ2n) is 6.39. The van der Waals surface area contributed by atoms with Crippen LogP contribution in [0.15, 0.2) is 0 Å². The molecule has 0 radical (unpaired) electrons. The molecule has 0 spiro atoms. The van der Waals surface area contributed by atoms with Crippen molar-refractivity contribution in [3.05, 3.63) is 0 Å². The van der Waals surface area contributed by atoms with E-state index in [0.717, 1.165) is 19.3 Å². The molecule has 20 heavy (non-hydrogen) atoms. The van der Waals surface area contributed by atoms with Crippen LogP contribution in [-0.2, 0) is 19.1 Å². The quantitative estimate of drug-likeness (QED) is 0.604. The Balaban J connectivity index is 4.24. The molecule has 0 bridgehead atoms. The summed E-state index contributed by atoms with van der Waals surface area (Å²) in [4.78, 5) is 22.9. The Labute approximate surface area is 123 Å². The molecular formula is C16H30O4. The number of esters is 2. The van der Waals surface area contributed by atoms with E-state index in [0.29, 0.717) is 25.9 Å². The van der Waals surface area contributed by atoms with Crippen molar-refractivity contribution in [1.29, 1.82) is 0 Å². The van der Waals surface area contributed by atoms with Gasteiger partial charge < -0.3 is 9.47 Å². The zero-order chi connectivity index (χ0) is 15.6. The maximum absolute atomic E-state index is 11.6. The molecule has 0 N–H and O–H groups in total. The first-order valence-electron chi connectivity index (χ1n) is 7.63. The van der Waals surface area contributed by atoms with E-state index < -0.39 is 0 Å². The van der Waals surface area contributed by atoms with Gasteiger partial charge in [-0.25, -0.2) is 0 Å². The summed E-state index contributed by atoms with van der Waals surface area (Å²) in [6, 6.07) is 0. The molecule has 0 aromatic carbocycles. The predicted octanol–water partition coefficient (Wildman–Crippen LogP) is 3.87. The van der Waals surface area contributed by atoms with Crippen LogP contribution < -0.4 is 0 Å². The third kappa shape index (κ3) is 10.8. The minimum Gasteiger partial charge on any atom is -0.466 e. The van der Waals surface area contributed by atoms with Crippen molar-refractivity contribution in [1.82, 2.24) is 0 Å². The zero-order valence-electron chi connectivity index (χ0n) is 13.7. The Hall–Kier alpha value is -1.06. The van der Waals surface area contributed by atoms with Crippen LogP contribution in [0.2, 0.25) is 0 Å². The van der Waals surface area contributed by atoms with Crippen molar-refractivity contribution in [2.45, 2.75) is 79.2 Å². The highest BCUT2D eigenvalue weighted by Crippen LogP contribution is 2.24. The Morgan fingerprint density at radius 1 is 1.00 bits per heavy atom. The molecule has 1 atom stereocenters. The van der Waals surface area contributed by atoms with E-state index in [9.17, 15) is 9.59 Å². The van der Waals surface area contributed by atoms with Crippen molar-refractivity contribution in [2.24, 2.45) is 5.41 Å². The van der Waals surface area contributed by atoms with Gasteiger partial charge in [-0.1, -0.05) is 34.6 Å². The monoisotopic (exact) mass is 286 g/mol. The van der Waals surface area contributed by atoms with Gasteiger partial charge in [-0.15, -0.1) is 0 Å². The lowest BCUT2D eigenvalue weighted by Crippen LogP contribution is -2.26. The Morgan fingerprint density at radius 3 is 2.05 bits per heavy atom. The standard InChI is InChI=1S/C16H30O4/c1-6-8-14(17)19-11-10-13(12-16(3,4)5)20-15(18)9-7-2/h13H,6-12H2,1-5H3. The molecule has 0 saturated carbocycles. The molecule has 4 heteroatoms. The number of carbonyl (C=O) groups is 2. The Bertz CT molecular complexity index is 291. The fourth-order valence-electron chi connectivity index (χ4n) is 1.92. The van der Waals surface area contributed by atoms with Gasteiger partial charge in [0.2, 0.25) is 0 Å². The molecule has 0 amide bonds. The lowest BCUT2D eigenvalue weighted by molar-refractivity contribution is -0.152. The molecule has 0 rings (SSSR count). The average Bonchev–Trinajstić information content (AvgIpc) is 2.27. The Morgan fingerprint density at radius 2 is 1.55 bits per heavy atom. The largest absolute Gasteiger partial charge is 0.466 e. The molecule has 0 saturated heterocycles. The van der Waals surface area contributed by atoms with Crippen LogP contribution in [0.5, 0.6) is 0 Å². The topological polar surface area (TPSA) is 52.6 Å². The normalized spacial score (nSPS) is 12.8. The summed E-state index contributed by atoms with van der Waals surface area (Å²) >= 11 is 0. The minimum absolute atomic E-state index is 0.0740. The maximum atomic E-state index is 11.6. The summed E-state index contributed by atoms with van der Waals surface area (Å²) in [5.74, 6) is -0.344. The van der Waals surface area contributed by atoms with Crippen LogP contribution in [0.1, 0.15) is 73.1 Å². The molecule has 4 nitrogen and oxygen atoms in total. The van der Waals surface area contributed by atoms with Crippen LogP contribution in [0, 0.1) is 5.41 Å². The van der Waals surface area contributed by atoms with Gasteiger partial charge in [-0.3, -0.25) is 9.59 Å². The fraction of sp³-hybridized carbons (Fsp3) is 0.875. The van der Waals surface area contributed by atoms with Crippen molar-refractivity contribution in [3.63, 3.8) is 0 Å². The van der Waals surface area contributed by atoms with Gasteiger partial charge >= 0.3 is 11.9 Å². The van der Waals surface area contributed by atoms with Crippen molar-refractivity contribution >= 4 is 11.9 Å². The van der Waals surface area contributed by atoms with E-state index in [1.807, 2.05) is 13.8 Å². The molecule has 0 heterocycles. The van der Waals surface area contributed by atoms with Crippen LogP contribution in [0.4, 0.5) is 0 Å². The summed E-state index contributed by atoms with van der Waals surface area (Å²) in [5.41, 5.74) is 0.0740. The summed E-state index contributed by atoms with van der Waals surface area (Å²) < 4.78 is 10.6. The molecule has 0 aliphatic rings. The van der Waals surface area contributed by atoms with Crippen molar-refractivity contribution in [3.8, 4) is 0 Å². The maximum Gasteiger partial charge on any atom is 0.306 e. The van der Waals surface area contributed by atoms with Gasteiger partial charge in [0.15, 0.2) is 0 Å². The van der Waals surface area contributed by atoms with E-state index in [-0.39, 0.29) is 23.5 Å². The first-order valence-corrected chi connectivity index (χ1v) is 7.63. The zero-order valence-corrected chi connectivity index (χ0v) is 13.7. The molecule has 0 aliphatic carbocycles. The van der Waals surface area contributed by atoms with E-state index in [2.05, 4.69) is 20.8 Å². The number of carbonyl (C=O) groups excluding carboxylic acids is 2. The number of ether oxygens (including phenoxy) is 2. The second-order valence-corrected chi connectivity index (χ2v) is 6.39. The van der Waals surface area contributed by atoms with E-state index in [4.69, 9.17) is 9.47 Å². The first-order chi connectivity index (χ1) is 9.28. The number of rotatable bonds is 9. The lowest BCUT2D eigenvalue weighted by Gasteiger charge is -2.26. The van der Waals surface area contributed by atoms with Gasteiger partial charge in [-0.05, 0) is 24.7 Å². The third-order valence-electron chi connectivity index (χ3n) is 2.75. The van der Waals surface area contributed by atoms with Crippen LogP contribution >= 0.6 is 0 Å². The van der Waals surface area contributed by atoms with Gasteiger partial charge in [0.05, 0.1) is 6.61 Å². The summed E-state index contributed by atoms with van der Waals surface area (Å²) in [5, 5.41) is 0. The highest BCUT2D eigenvalue weighted by Gasteiger charge is 2.22. The summed E-state index contributed by atoms with van der Waals surface area (Å²) in [7, 11) is 0. The van der Waals surface area contributed by atoms with Crippen LogP contribution in [0.3, 0.4) is 0 Å². The molecule has 0 fully saturated rings. The van der Waals surface area contributed by atoms with Crippen LogP contribution in [-0.4, -0.2) is 24.6 Å². The molecule has 1 unspecified atom stereocenters. The van der Waals surface area contributed by atoms with Crippen molar-refractivity contribution in [2.75, 3.05) is 6.61 Å². The highest BCUT2D eigenvalue weighted by atomic mass is 16.6. The van der Waals surface area contributed by atoms with Crippen LogP contribution in [0.25, 0.3) is 0 Å². The molecular weight excluding hydrogens is 256 g/mol. The van der Waals surface area contributed by atoms with Gasteiger partial charge in [0.1, 0.15) is 6.10 Å². The highest BCUT2D eigenvalue weighted by molar-refractivity contribution is 5.69. The van der Waals surface area contributed by atoms with E-state index in [1.54, 1.807) is 0 Å².